The van der Waals surface area contributed by atoms with Crippen LogP contribution in [0.25, 0.3) is 0 Å². The number of carbonyl (C=O) groups excluding carboxylic acids is 1. The molecule has 0 heterocycles. The summed E-state index contributed by atoms with van der Waals surface area (Å²) in [7, 11) is 1.54. The van der Waals surface area contributed by atoms with E-state index in [1.165, 1.54) is 26.2 Å². The molecular weight excluding hydrogens is 197 g/mol. The summed E-state index contributed by atoms with van der Waals surface area (Å²) in [6, 6.07) is 4.35. The van der Waals surface area contributed by atoms with E-state index in [9.17, 15) is 9.18 Å². The van der Waals surface area contributed by atoms with Crippen molar-refractivity contribution in [1.82, 2.24) is 5.32 Å². The largest absolute Gasteiger partial charge is 0.496 e. The molecule has 0 aromatic heterocycles. The van der Waals surface area contributed by atoms with Gasteiger partial charge in [0.1, 0.15) is 11.6 Å². The monoisotopic (exact) mass is 211 g/mol. The number of benzene rings is 1. The van der Waals surface area contributed by atoms with E-state index in [-0.39, 0.29) is 11.7 Å². The van der Waals surface area contributed by atoms with Gasteiger partial charge in [-0.3, -0.25) is 4.79 Å². The van der Waals surface area contributed by atoms with Crippen LogP contribution in [0.15, 0.2) is 18.2 Å². The lowest BCUT2D eigenvalue weighted by Gasteiger charge is -2.08. The Labute approximate surface area is 88.2 Å². The average Bonchev–Trinajstić information content (AvgIpc) is 2.17. The smallest absolute Gasteiger partial charge is 0.216 e. The van der Waals surface area contributed by atoms with Crippen LogP contribution in [-0.4, -0.2) is 19.6 Å². The van der Waals surface area contributed by atoms with Crippen molar-refractivity contribution >= 4 is 5.91 Å². The molecule has 0 aliphatic carbocycles. The number of amides is 1. The maximum absolute atomic E-state index is 12.9. The van der Waals surface area contributed by atoms with Crippen molar-refractivity contribution in [2.45, 2.75) is 13.3 Å². The third-order valence-electron chi connectivity index (χ3n) is 2.01. The van der Waals surface area contributed by atoms with E-state index in [1.807, 2.05) is 0 Å². The number of hydrogen-bond acceptors (Lipinski definition) is 2. The third-order valence-corrected chi connectivity index (χ3v) is 2.01. The van der Waals surface area contributed by atoms with Crippen LogP contribution in [0.4, 0.5) is 4.39 Å². The normalized spacial score (nSPS) is 9.80. The van der Waals surface area contributed by atoms with Gasteiger partial charge in [-0.2, -0.15) is 0 Å². The van der Waals surface area contributed by atoms with Gasteiger partial charge in [0.25, 0.3) is 0 Å². The molecule has 0 atom stereocenters. The van der Waals surface area contributed by atoms with Crippen molar-refractivity contribution in [1.29, 1.82) is 0 Å². The molecule has 1 aromatic rings. The van der Waals surface area contributed by atoms with Crippen LogP contribution in [0.1, 0.15) is 12.5 Å². The highest BCUT2D eigenvalue weighted by molar-refractivity contribution is 5.72. The predicted octanol–water partition coefficient (Wildman–Crippen LogP) is 1.51. The lowest BCUT2D eigenvalue weighted by molar-refractivity contribution is -0.118. The number of hydrogen-bond donors (Lipinski definition) is 1. The van der Waals surface area contributed by atoms with Crippen molar-refractivity contribution in [3.63, 3.8) is 0 Å². The molecule has 3 nitrogen and oxygen atoms in total. The summed E-state index contributed by atoms with van der Waals surface area (Å²) >= 11 is 0. The van der Waals surface area contributed by atoms with Gasteiger partial charge in [-0.1, -0.05) is 0 Å². The zero-order valence-electron chi connectivity index (χ0n) is 8.84. The molecule has 0 saturated carbocycles. The van der Waals surface area contributed by atoms with Crippen molar-refractivity contribution in [2.24, 2.45) is 0 Å². The van der Waals surface area contributed by atoms with E-state index in [2.05, 4.69) is 5.32 Å². The maximum atomic E-state index is 12.9. The van der Waals surface area contributed by atoms with Crippen LogP contribution in [-0.2, 0) is 11.2 Å². The number of carbonyl (C=O) groups is 1. The molecule has 1 N–H and O–H groups in total. The van der Waals surface area contributed by atoms with Crippen LogP contribution in [0.5, 0.6) is 5.75 Å². The zero-order chi connectivity index (χ0) is 11.3. The first-order chi connectivity index (χ1) is 7.13. The molecule has 0 saturated heterocycles. The topological polar surface area (TPSA) is 38.3 Å². The third kappa shape index (κ3) is 3.58. The van der Waals surface area contributed by atoms with Gasteiger partial charge in [0.05, 0.1) is 7.11 Å². The Balaban J connectivity index is 2.65. The molecule has 82 valence electrons. The van der Waals surface area contributed by atoms with Crippen LogP contribution in [0.3, 0.4) is 0 Å². The molecule has 0 aliphatic rings. The Hall–Kier alpha value is -1.58. The summed E-state index contributed by atoms with van der Waals surface area (Å²) in [6.07, 6.45) is 0.556. The van der Waals surface area contributed by atoms with Crippen LogP contribution in [0, 0.1) is 5.82 Å². The van der Waals surface area contributed by atoms with Gasteiger partial charge >= 0.3 is 0 Å². The second kappa shape index (κ2) is 5.34. The Morgan fingerprint density at radius 3 is 2.87 bits per heavy atom. The molecule has 1 amide bonds. The fourth-order valence-electron chi connectivity index (χ4n) is 1.32. The standard InChI is InChI=1S/C11H14FNO2/c1-8(14)13-6-5-9-7-10(12)3-4-11(9)15-2/h3-4,7H,5-6H2,1-2H3,(H,13,14). The van der Waals surface area contributed by atoms with Crippen molar-refractivity contribution in [3.05, 3.63) is 29.6 Å². The van der Waals surface area contributed by atoms with Gasteiger partial charge in [-0.05, 0) is 30.2 Å². The summed E-state index contributed by atoms with van der Waals surface area (Å²) < 4.78 is 18.0. The van der Waals surface area contributed by atoms with Gasteiger partial charge in [0, 0.05) is 13.5 Å². The van der Waals surface area contributed by atoms with Gasteiger partial charge in [0.2, 0.25) is 5.91 Å². The van der Waals surface area contributed by atoms with Crippen molar-refractivity contribution < 1.29 is 13.9 Å². The second-order valence-corrected chi connectivity index (χ2v) is 3.19. The minimum absolute atomic E-state index is 0.0923. The highest BCUT2D eigenvalue weighted by Crippen LogP contribution is 2.19. The maximum Gasteiger partial charge on any atom is 0.216 e. The molecule has 1 rings (SSSR count). The van der Waals surface area contributed by atoms with E-state index in [4.69, 9.17) is 4.74 Å². The molecule has 4 heteroatoms. The summed E-state index contributed by atoms with van der Waals surface area (Å²) in [4.78, 5) is 10.6. The van der Waals surface area contributed by atoms with E-state index in [0.29, 0.717) is 18.7 Å². The lowest BCUT2D eigenvalue weighted by atomic mass is 10.1. The Kier molecular flexibility index (Phi) is 4.09. The minimum Gasteiger partial charge on any atom is -0.496 e. The molecule has 0 bridgehead atoms. The lowest BCUT2D eigenvalue weighted by Crippen LogP contribution is -2.22. The minimum atomic E-state index is -0.298. The SMILES string of the molecule is COc1ccc(F)cc1CCNC(C)=O. The first kappa shape index (κ1) is 11.5. The number of rotatable bonds is 4. The fraction of sp³-hybridized carbons (Fsp3) is 0.364. The molecule has 0 aliphatic heterocycles. The number of halogens is 1. The summed E-state index contributed by atoms with van der Waals surface area (Å²) in [5.41, 5.74) is 0.756. The predicted molar refractivity (Wildman–Crippen MR) is 55.3 cm³/mol. The van der Waals surface area contributed by atoms with Crippen molar-refractivity contribution in [3.8, 4) is 5.75 Å². The molecular formula is C11H14FNO2. The highest BCUT2D eigenvalue weighted by Gasteiger charge is 2.04. The number of methoxy groups -OCH3 is 1. The molecule has 15 heavy (non-hydrogen) atoms. The van der Waals surface area contributed by atoms with Gasteiger partial charge < -0.3 is 10.1 Å². The number of ether oxygens (including phenoxy) is 1. The van der Waals surface area contributed by atoms with E-state index in [0.717, 1.165) is 5.56 Å². The quantitative estimate of drug-likeness (QED) is 0.819. The summed E-state index contributed by atoms with van der Waals surface area (Å²) in [6.45, 7) is 1.93. The van der Waals surface area contributed by atoms with Crippen LogP contribution < -0.4 is 10.1 Å². The van der Waals surface area contributed by atoms with Gasteiger partial charge in [0.15, 0.2) is 0 Å². The molecule has 0 spiro atoms. The van der Waals surface area contributed by atoms with Crippen molar-refractivity contribution in [2.75, 3.05) is 13.7 Å². The summed E-state index contributed by atoms with van der Waals surface area (Å²) in [5.74, 6) is 0.251. The van der Waals surface area contributed by atoms with E-state index in [1.54, 1.807) is 6.07 Å². The Morgan fingerprint density at radius 1 is 1.53 bits per heavy atom. The first-order valence-electron chi connectivity index (χ1n) is 4.70. The second-order valence-electron chi connectivity index (χ2n) is 3.19. The van der Waals surface area contributed by atoms with Gasteiger partial charge in [-0.15, -0.1) is 0 Å². The first-order valence-corrected chi connectivity index (χ1v) is 4.70. The molecule has 1 aromatic carbocycles. The van der Waals surface area contributed by atoms with Crippen LogP contribution in [0.2, 0.25) is 0 Å². The number of nitrogens with one attached hydrogen (secondary N) is 1. The molecule has 0 fully saturated rings. The fourth-order valence-corrected chi connectivity index (χ4v) is 1.32. The molecule has 0 radical (unpaired) electrons. The average molecular weight is 211 g/mol. The highest BCUT2D eigenvalue weighted by atomic mass is 19.1. The molecule has 0 unspecified atom stereocenters. The summed E-state index contributed by atoms with van der Waals surface area (Å²) in [5, 5.41) is 2.65. The van der Waals surface area contributed by atoms with Crippen LogP contribution >= 0.6 is 0 Å². The van der Waals surface area contributed by atoms with Gasteiger partial charge in [-0.25, -0.2) is 4.39 Å². The van der Waals surface area contributed by atoms with E-state index < -0.39 is 0 Å². The zero-order valence-corrected chi connectivity index (χ0v) is 8.84. The van der Waals surface area contributed by atoms with E-state index >= 15 is 0 Å². The Bertz CT molecular complexity index is 352. The Morgan fingerprint density at radius 2 is 2.27 bits per heavy atom.